The van der Waals surface area contributed by atoms with Gasteiger partial charge in [-0.25, -0.2) is 0 Å². The van der Waals surface area contributed by atoms with Crippen molar-refractivity contribution in [3.05, 3.63) is 59.5 Å². The van der Waals surface area contributed by atoms with Gasteiger partial charge in [-0.15, -0.1) is 11.8 Å². The highest BCUT2D eigenvalue weighted by atomic mass is 32.2. The first-order valence-electron chi connectivity index (χ1n) is 5.02. The van der Waals surface area contributed by atoms with Gasteiger partial charge in [0.1, 0.15) is 0 Å². The van der Waals surface area contributed by atoms with Crippen LogP contribution in [0.1, 0.15) is 11.1 Å². The third-order valence-electron chi connectivity index (χ3n) is 2.59. The molecule has 0 bridgehead atoms. The van der Waals surface area contributed by atoms with Gasteiger partial charge >= 0.3 is 0 Å². The molecule has 0 radical (unpaired) electrons. The van der Waals surface area contributed by atoms with Crippen molar-refractivity contribution in [2.45, 2.75) is 12.7 Å². The molecule has 0 aliphatic rings. The van der Waals surface area contributed by atoms with Gasteiger partial charge in [0.05, 0.1) is 0 Å². The van der Waals surface area contributed by atoms with Gasteiger partial charge < -0.3 is 0 Å². The summed E-state index contributed by atoms with van der Waals surface area (Å²) in [5.41, 5.74) is 2.74. The van der Waals surface area contributed by atoms with E-state index in [2.05, 4.69) is 49.9 Å². The smallest absolute Gasteiger partial charge is 0.0231 e. The summed E-state index contributed by atoms with van der Waals surface area (Å²) in [5.74, 6) is 1.00. The lowest BCUT2D eigenvalue weighted by Gasteiger charge is -2.06. The molecule has 0 amide bonds. The normalized spacial score (nSPS) is 10.5. The second kappa shape index (κ2) is 4.54. The average Bonchev–Trinajstić information content (AvgIpc) is 2.27. The second-order valence-corrected chi connectivity index (χ2v) is 4.52. The fraction of sp³-hybridized carbons (Fsp3) is 0.143. The van der Waals surface area contributed by atoms with E-state index in [1.807, 2.05) is 5.41 Å². The lowest BCUT2D eigenvalue weighted by Crippen LogP contribution is -1.84. The van der Waals surface area contributed by atoms with E-state index in [9.17, 15) is 0 Å². The molecular formula is C14H14S. The third-order valence-corrected chi connectivity index (χ3v) is 3.30. The van der Waals surface area contributed by atoms with E-state index in [0.29, 0.717) is 0 Å². The summed E-state index contributed by atoms with van der Waals surface area (Å²) < 4.78 is 0. The quantitative estimate of drug-likeness (QED) is 0.723. The average molecular weight is 214 g/mol. The zero-order chi connectivity index (χ0) is 10.7. The van der Waals surface area contributed by atoms with Crippen molar-refractivity contribution in [3.63, 3.8) is 0 Å². The van der Waals surface area contributed by atoms with E-state index in [-0.39, 0.29) is 0 Å². The minimum atomic E-state index is 1.00. The SMILES string of the molecule is C=CSCc1cccc2c(C)cccc12. The predicted molar refractivity (Wildman–Crippen MR) is 70.2 cm³/mol. The van der Waals surface area contributed by atoms with Gasteiger partial charge in [0.2, 0.25) is 0 Å². The highest BCUT2D eigenvalue weighted by molar-refractivity contribution is 8.01. The summed E-state index contributed by atoms with van der Waals surface area (Å²) in [4.78, 5) is 0. The highest BCUT2D eigenvalue weighted by Gasteiger charge is 2.01. The molecule has 0 saturated heterocycles. The van der Waals surface area contributed by atoms with Crippen LogP contribution in [-0.4, -0.2) is 0 Å². The van der Waals surface area contributed by atoms with Gasteiger partial charge in [0.25, 0.3) is 0 Å². The van der Waals surface area contributed by atoms with Crippen LogP contribution < -0.4 is 0 Å². The fourth-order valence-corrected chi connectivity index (χ4v) is 2.36. The van der Waals surface area contributed by atoms with Gasteiger partial charge in [-0.2, -0.15) is 0 Å². The Morgan fingerprint density at radius 2 is 1.87 bits per heavy atom. The molecule has 2 aromatic rings. The maximum Gasteiger partial charge on any atom is 0.0231 e. The number of hydrogen-bond acceptors (Lipinski definition) is 1. The Bertz CT molecular complexity index is 486. The minimum Gasteiger partial charge on any atom is -0.130 e. The molecule has 0 spiro atoms. The van der Waals surface area contributed by atoms with Crippen LogP contribution in [-0.2, 0) is 5.75 Å². The molecule has 15 heavy (non-hydrogen) atoms. The van der Waals surface area contributed by atoms with E-state index in [1.54, 1.807) is 11.8 Å². The molecule has 0 aliphatic carbocycles. The number of thioether (sulfide) groups is 1. The predicted octanol–water partition coefficient (Wildman–Crippen LogP) is 4.52. The molecule has 0 aliphatic heterocycles. The number of benzene rings is 2. The summed E-state index contributed by atoms with van der Waals surface area (Å²) in [7, 11) is 0. The first-order chi connectivity index (χ1) is 7.33. The van der Waals surface area contributed by atoms with Crippen molar-refractivity contribution in [1.82, 2.24) is 0 Å². The van der Waals surface area contributed by atoms with Gasteiger partial charge in [-0.05, 0) is 34.2 Å². The molecule has 1 heteroatoms. The molecule has 0 unspecified atom stereocenters. The van der Waals surface area contributed by atoms with E-state index in [0.717, 1.165) is 5.75 Å². The van der Waals surface area contributed by atoms with Crippen LogP contribution in [0.4, 0.5) is 0 Å². The van der Waals surface area contributed by atoms with Crippen LogP contribution in [0.25, 0.3) is 10.8 Å². The summed E-state index contributed by atoms with van der Waals surface area (Å²) in [5, 5.41) is 4.63. The van der Waals surface area contributed by atoms with Crippen LogP contribution in [0, 0.1) is 6.92 Å². The maximum absolute atomic E-state index is 3.74. The summed E-state index contributed by atoms with van der Waals surface area (Å²) in [6.07, 6.45) is 0. The van der Waals surface area contributed by atoms with Crippen LogP contribution in [0.15, 0.2) is 48.4 Å². The lowest BCUT2D eigenvalue weighted by atomic mass is 10.0. The molecule has 76 valence electrons. The van der Waals surface area contributed by atoms with Crippen molar-refractivity contribution in [1.29, 1.82) is 0 Å². The zero-order valence-electron chi connectivity index (χ0n) is 8.86. The Balaban J connectivity index is 2.55. The molecular weight excluding hydrogens is 200 g/mol. The Kier molecular flexibility index (Phi) is 3.12. The van der Waals surface area contributed by atoms with Gasteiger partial charge in [-0.3, -0.25) is 0 Å². The Hall–Kier alpha value is -1.21. The van der Waals surface area contributed by atoms with Gasteiger partial charge in [0.15, 0.2) is 0 Å². The van der Waals surface area contributed by atoms with Crippen LogP contribution in [0.3, 0.4) is 0 Å². The molecule has 0 fully saturated rings. The Morgan fingerprint density at radius 1 is 1.13 bits per heavy atom. The molecule has 0 saturated carbocycles. The number of fused-ring (bicyclic) bond motifs is 1. The first kappa shape index (κ1) is 10.3. The van der Waals surface area contributed by atoms with Crippen molar-refractivity contribution >= 4 is 22.5 Å². The minimum absolute atomic E-state index is 1.00. The van der Waals surface area contributed by atoms with E-state index in [4.69, 9.17) is 0 Å². The van der Waals surface area contributed by atoms with Crippen molar-refractivity contribution in [3.8, 4) is 0 Å². The number of aryl methyl sites for hydroxylation is 1. The van der Waals surface area contributed by atoms with Gasteiger partial charge in [0, 0.05) is 5.75 Å². The highest BCUT2D eigenvalue weighted by Crippen LogP contribution is 2.25. The van der Waals surface area contributed by atoms with Crippen LogP contribution in [0.5, 0.6) is 0 Å². The third kappa shape index (κ3) is 2.07. The second-order valence-electron chi connectivity index (χ2n) is 3.56. The van der Waals surface area contributed by atoms with E-state index in [1.165, 1.54) is 21.9 Å². The first-order valence-corrected chi connectivity index (χ1v) is 6.07. The van der Waals surface area contributed by atoms with Crippen LogP contribution >= 0.6 is 11.8 Å². The standard InChI is InChI=1S/C14H14S/c1-3-15-10-12-7-5-8-13-11(2)6-4-9-14(12)13/h3-9H,1,10H2,2H3. The van der Waals surface area contributed by atoms with Crippen molar-refractivity contribution in [2.75, 3.05) is 0 Å². The molecule has 0 N–H and O–H groups in total. The van der Waals surface area contributed by atoms with E-state index < -0.39 is 0 Å². The molecule has 0 nitrogen and oxygen atoms in total. The molecule has 2 aromatic carbocycles. The Morgan fingerprint density at radius 3 is 2.67 bits per heavy atom. The molecule has 0 aromatic heterocycles. The molecule has 0 heterocycles. The molecule has 2 rings (SSSR count). The van der Waals surface area contributed by atoms with Crippen LogP contribution in [0.2, 0.25) is 0 Å². The van der Waals surface area contributed by atoms with Gasteiger partial charge in [-0.1, -0.05) is 43.0 Å². The fourth-order valence-electron chi connectivity index (χ4n) is 1.81. The Labute approximate surface area is 95.0 Å². The maximum atomic E-state index is 3.74. The van der Waals surface area contributed by atoms with E-state index >= 15 is 0 Å². The topological polar surface area (TPSA) is 0 Å². The largest absolute Gasteiger partial charge is 0.130 e. The number of hydrogen-bond donors (Lipinski definition) is 0. The summed E-state index contributed by atoms with van der Waals surface area (Å²) in [6, 6.07) is 13.0. The number of rotatable bonds is 3. The summed E-state index contributed by atoms with van der Waals surface area (Å²) in [6.45, 7) is 5.90. The zero-order valence-corrected chi connectivity index (χ0v) is 9.68. The lowest BCUT2D eigenvalue weighted by molar-refractivity contribution is 1.45. The monoisotopic (exact) mass is 214 g/mol. The summed E-state index contributed by atoms with van der Waals surface area (Å²) >= 11 is 1.75. The van der Waals surface area contributed by atoms with Crippen molar-refractivity contribution < 1.29 is 0 Å². The molecule has 0 atom stereocenters. The van der Waals surface area contributed by atoms with Crippen molar-refractivity contribution in [2.24, 2.45) is 0 Å².